The van der Waals surface area contributed by atoms with Crippen LogP contribution in [0, 0.1) is 0 Å². The molecule has 0 aliphatic heterocycles. The summed E-state index contributed by atoms with van der Waals surface area (Å²) in [5, 5.41) is 8.13. The average molecular weight is 407 g/mol. The molecule has 1 atom stereocenters. The summed E-state index contributed by atoms with van der Waals surface area (Å²) < 4.78 is 1.93. The highest BCUT2D eigenvalue weighted by atomic mass is 32.2. The molecule has 1 N–H and O–H groups in total. The first-order valence-corrected chi connectivity index (χ1v) is 11.0. The summed E-state index contributed by atoms with van der Waals surface area (Å²) in [4.78, 5) is 17.6. The molecule has 0 spiro atoms. The smallest absolute Gasteiger partial charge is 0.237 e. The van der Waals surface area contributed by atoms with Crippen molar-refractivity contribution in [1.29, 1.82) is 0 Å². The lowest BCUT2D eigenvalue weighted by Crippen LogP contribution is -2.23. The summed E-state index contributed by atoms with van der Waals surface area (Å²) in [5.41, 5.74) is 3.03. The predicted molar refractivity (Wildman–Crippen MR) is 118 cm³/mol. The summed E-state index contributed by atoms with van der Waals surface area (Å²) >= 11 is 1.40. The van der Waals surface area contributed by atoms with Crippen molar-refractivity contribution < 1.29 is 4.79 Å². The number of benzene rings is 2. The van der Waals surface area contributed by atoms with Gasteiger partial charge in [-0.2, -0.15) is 0 Å². The third kappa shape index (κ3) is 4.53. The van der Waals surface area contributed by atoms with Crippen LogP contribution in [0.5, 0.6) is 0 Å². The lowest BCUT2D eigenvalue weighted by atomic mass is 10.0. The number of amides is 1. The molecule has 1 saturated carbocycles. The summed E-state index contributed by atoms with van der Waals surface area (Å²) in [6.07, 6.45) is 2.30. The normalized spacial score (nSPS) is 14.8. The highest BCUT2D eigenvalue weighted by molar-refractivity contribution is 8.00. The zero-order valence-electron chi connectivity index (χ0n) is 17.0. The van der Waals surface area contributed by atoms with Crippen molar-refractivity contribution in [1.82, 2.24) is 14.8 Å². The Hall–Kier alpha value is -2.60. The number of anilines is 1. The molecule has 1 aliphatic rings. The molecule has 3 aromatic rings. The van der Waals surface area contributed by atoms with Gasteiger partial charge in [-0.1, -0.05) is 62.0 Å². The van der Waals surface area contributed by atoms with E-state index in [1.54, 1.807) is 0 Å². The van der Waals surface area contributed by atoms with E-state index in [-0.39, 0.29) is 11.2 Å². The van der Waals surface area contributed by atoms with Crippen molar-refractivity contribution in [2.75, 3.05) is 5.32 Å². The van der Waals surface area contributed by atoms with Gasteiger partial charge in [0.15, 0.2) is 0 Å². The molecule has 0 bridgehead atoms. The third-order valence-electron chi connectivity index (χ3n) is 5.05. The van der Waals surface area contributed by atoms with Gasteiger partial charge in [-0.15, -0.1) is 5.10 Å². The topological polar surface area (TPSA) is 59.8 Å². The molecule has 0 saturated heterocycles. The molecule has 29 heavy (non-hydrogen) atoms. The van der Waals surface area contributed by atoms with Gasteiger partial charge in [0.25, 0.3) is 0 Å². The van der Waals surface area contributed by atoms with Crippen LogP contribution in [-0.4, -0.2) is 25.9 Å². The summed E-state index contributed by atoms with van der Waals surface area (Å²) in [6.45, 7) is 6.16. The van der Waals surface area contributed by atoms with E-state index in [0.29, 0.717) is 17.0 Å². The number of hydrogen-bond acceptors (Lipinski definition) is 4. The number of para-hydroxylation sites is 2. The Morgan fingerprint density at radius 3 is 2.45 bits per heavy atom. The molecular weight excluding hydrogens is 380 g/mol. The molecule has 1 heterocycles. The van der Waals surface area contributed by atoms with E-state index in [1.165, 1.54) is 11.8 Å². The lowest BCUT2D eigenvalue weighted by Gasteiger charge is -2.15. The Balaban J connectivity index is 1.50. The van der Waals surface area contributed by atoms with E-state index in [0.717, 1.165) is 35.6 Å². The molecular formula is C23H26N4OS. The first-order chi connectivity index (χ1) is 14.0. The second-order valence-electron chi connectivity index (χ2n) is 7.77. The number of nitrogens with one attached hydrogen (secondary N) is 1. The zero-order chi connectivity index (χ0) is 20.4. The maximum atomic E-state index is 12.8. The van der Waals surface area contributed by atoms with Crippen LogP contribution < -0.4 is 5.32 Å². The molecule has 1 aliphatic carbocycles. The highest BCUT2D eigenvalue weighted by Gasteiger charge is 2.31. The summed E-state index contributed by atoms with van der Waals surface area (Å²) in [6, 6.07) is 18.0. The van der Waals surface area contributed by atoms with Crippen molar-refractivity contribution in [2.24, 2.45) is 0 Å². The molecule has 2 aromatic carbocycles. The van der Waals surface area contributed by atoms with E-state index in [1.807, 2.05) is 60.1 Å². The van der Waals surface area contributed by atoms with E-state index >= 15 is 0 Å². The molecule has 1 aromatic heterocycles. The summed E-state index contributed by atoms with van der Waals surface area (Å²) in [5.74, 6) is 1.78. The Labute approximate surface area is 175 Å². The number of carbonyl (C=O) groups excluding carboxylic acids is 1. The minimum atomic E-state index is -0.297. The fourth-order valence-corrected chi connectivity index (χ4v) is 4.04. The Bertz CT molecular complexity index is 995. The van der Waals surface area contributed by atoms with Crippen molar-refractivity contribution in [3.63, 3.8) is 0 Å². The molecule has 0 radical (unpaired) electrons. The molecule has 6 heteroatoms. The molecule has 150 valence electrons. The van der Waals surface area contributed by atoms with Gasteiger partial charge in [-0.25, -0.2) is 9.67 Å². The van der Waals surface area contributed by atoms with Gasteiger partial charge in [0.2, 0.25) is 11.1 Å². The number of hydrogen-bond donors (Lipinski definition) is 1. The second-order valence-corrected chi connectivity index (χ2v) is 9.07. The van der Waals surface area contributed by atoms with Gasteiger partial charge in [-0.05, 0) is 49.4 Å². The SMILES string of the molecule is CC(C)c1ccccc1NC(=O)[C@@H](C)Sc1nc(C2CC2)n(-c2ccccc2)n1. The van der Waals surface area contributed by atoms with Crippen LogP contribution in [0.4, 0.5) is 5.69 Å². The van der Waals surface area contributed by atoms with Gasteiger partial charge in [0.05, 0.1) is 10.9 Å². The number of nitrogens with zero attached hydrogens (tertiary/aromatic N) is 3. The number of rotatable bonds is 7. The minimum absolute atomic E-state index is 0.0351. The van der Waals surface area contributed by atoms with Gasteiger partial charge in [-0.3, -0.25) is 4.79 Å². The van der Waals surface area contributed by atoms with Crippen LogP contribution in [0.15, 0.2) is 59.8 Å². The van der Waals surface area contributed by atoms with Crippen LogP contribution in [0.2, 0.25) is 0 Å². The maximum absolute atomic E-state index is 12.8. The van der Waals surface area contributed by atoms with Gasteiger partial charge in [0, 0.05) is 11.6 Å². The van der Waals surface area contributed by atoms with Crippen molar-refractivity contribution >= 4 is 23.4 Å². The van der Waals surface area contributed by atoms with Gasteiger partial charge < -0.3 is 5.32 Å². The average Bonchev–Trinajstić information content (AvgIpc) is 3.49. The zero-order valence-corrected chi connectivity index (χ0v) is 17.8. The van der Waals surface area contributed by atoms with Crippen LogP contribution in [0.25, 0.3) is 5.69 Å². The van der Waals surface area contributed by atoms with E-state index in [4.69, 9.17) is 10.1 Å². The monoisotopic (exact) mass is 406 g/mol. The first-order valence-electron chi connectivity index (χ1n) is 10.1. The Morgan fingerprint density at radius 1 is 1.07 bits per heavy atom. The molecule has 5 nitrogen and oxygen atoms in total. The fraction of sp³-hybridized carbons (Fsp3) is 0.348. The van der Waals surface area contributed by atoms with Crippen molar-refractivity contribution in [2.45, 2.75) is 55.9 Å². The standard InChI is InChI=1S/C23H26N4OS/c1-15(2)19-11-7-8-12-20(19)24-22(28)16(3)29-23-25-21(17-13-14-17)27(26-23)18-9-5-4-6-10-18/h4-12,15-17H,13-14H2,1-3H3,(H,24,28)/t16-/m1/s1. The van der Waals surface area contributed by atoms with Crippen LogP contribution >= 0.6 is 11.8 Å². The van der Waals surface area contributed by atoms with Crippen LogP contribution in [0.3, 0.4) is 0 Å². The van der Waals surface area contributed by atoms with E-state index in [2.05, 4.69) is 25.2 Å². The number of carbonyl (C=O) groups is 1. The van der Waals surface area contributed by atoms with Gasteiger partial charge in [0.1, 0.15) is 5.82 Å². The van der Waals surface area contributed by atoms with E-state index in [9.17, 15) is 4.79 Å². The minimum Gasteiger partial charge on any atom is -0.325 e. The van der Waals surface area contributed by atoms with Gasteiger partial charge >= 0.3 is 0 Å². The molecule has 1 fully saturated rings. The highest BCUT2D eigenvalue weighted by Crippen LogP contribution is 2.40. The largest absolute Gasteiger partial charge is 0.325 e. The maximum Gasteiger partial charge on any atom is 0.237 e. The van der Waals surface area contributed by atoms with Crippen molar-refractivity contribution in [3.8, 4) is 5.69 Å². The number of aromatic nitrogens is 3. The summed E-state index contributed by atoms with van der Waals surface area (Å²) in [7, 11) is 0. The van der Waals surface area contributed by atoms with Crippen LogP contribution in [0.1, 0.15) is 56.8 Å². The molecule has 0 unspecified atom stereocenters. The lowest BCUT2D eigenvalue weighted by molar-refractivity contribution is -0.115. The second kappa shape index (κ2) is 8.41. The molecule has 1 amide bonds. The van der Waals surface area contributed by atoms with Crippen LogP contribution in [-0.2, 0) is 4.79 Å². The molecule has 4 rings (SSSR count). The van der Waals surface area contributed by atoms with E-state index < -0.39 is 0 Å². The fourth-order valence-electron chi connectivity index (χ4n) is 3.28. The Morgan fingerprint density at radius 2 is 1.76 bits per heavy atom. The first kappa shape index (κ1) is 19.7. The van der Waals surface area contributed by atoms with Crippen molar-refractivity contribution in [3.05, 3.63) is 66.0 Å². The number of thioether (sulfide) groups is 1. The Kier molecular flexibility index (Phi) is 5.72. The predicted octanol–water partition coefficient (Wildman–Crippen LogP) is 5.39. The third-order valence-corrected chi connectivity index (χ3v) is 6.00. The quantitative estimate of drug-likeness (QED) is 0.535.